The van der Waals surface area contributed by atoms with Gasteiger partial charge in [-0.05, 0) is 29.3 Å². The van der Waals surface area contributed by atoms with E-state index in [0.717, 1.165) is 6.07 Å². The second-order valence-corrected chi connectivity index (χ2v) is 4.32. The summed E-state index contributed by atoms with van der Waals surface area (Å²) in [6.07, 6.45) is 1.42. The minimum absolute atomic E-state index is 0.0167. The fourth-order valence-corrected chi connectivity index (χ4v) is 1.80. The maximum Gasteiger partial charge on any atom is 0.200 e. The highest BCUT2D eigenvalue weighted by Crippen LogP contribution is 2.21. The first kappa shape index (κ1) is 15.2. The van der Waals surface area contributed by atoms with E-state index in [1.165, 1.54) is 18.2 Å². The Morgan fingerprint density at radius 1 is 1.05 bits per heavy atom. The quantitative estimate of drug-likeness (QED) is 0.802. The normalized spacial score (nSPS) is 9.45. The summed E-state index contributed by atoms with van der Waals surface area (Å²) in [6, 6.07) is 14.1. The molecule has 0 saturated heterocycles. The summed E-state index contributed by atoms with van der Waals surface area (Å²) < 4.78 is 31.9. The fraction of sp³-hybridized carbons (Fsp3) is 0.0588. The molecule has 2 aromatic rings. The van der Waals surface area contributed by atoms with Gasteiger partial charge in [0.1, 0.15) is 24.3 Å². The van der Waals surface area contributed by atoms with Crippen LogP contribution in [0.5, 0.6) is 5.75 Å². The lowest BCUT2D eigenvalue weighted by molar-refractivity contribution is 0.284. The van der Waals surface area contributed by atoms with E-state index in [-0.39, 0.29) is 17.9 Å². The van der Waals surface area contributed by atoms with Gasteiger partial charge < -0.3 is 4.74 Å². The Kier molecular flexibility index (Phi) is 4.85. The van der Waals surface area contributed by atoms with Crippen molar-refractivity contribution in [3.8, 4) is 17.9 Å². The van der Waals surface area contributed by atoms with E-state index < -0.39 is 11.6 Å². The topological polar surface area (TPSA) is 56.8 Å². The van der Waals surface area contributed by atoms with Crippen LogP contribution >= 0.6 is 0 Å². The van der Waals surface area contributed by atoms with Gasteiger partial charge in [0.25, 0.3) is 0 Å². The molecule has 2 aromatic carbocycles. The molecular weight excluding hydrogens is 286 g/mol. The maximum atomic E-state index is 13.5. The number of allylic oxidation sites excluding steroid dienone is 1. The molecule has 0 spiro atoms. The van der Waals surface area contributed by atoms with Gasteiger partial charge in [0, 0.05) is 0 Å². The fourth-order valence-electron chi connectivity index (χ4n) is 1.80. The summed E-state index contributed by atoms with van der Waals surface area (Å²) in [6.45, 7) is -0.0167. The summed E-state index contributed by atoms with van der Waals surface area (Å²) in [7, 11) is 0. The Hall–Kier alpha value is -3.18. The molecule has 0 amide bonds. The van der Waals surface area contributed by atoms with E-state index in [2.05, 4.69) is 0 Å². The molecular formula is C17H10F2N2O. The number of nitrogens with zero attached hydrogens (tertiary/aromatic N) is 2. The average Bonchev–Trinajstić information content (AvgIpc) is 2.55. The van der Waals surface area contributed by atoms with Gasteiger partial charge in [-0.2, -0.15) is 14.9 Å². The zero-order valence-electron chi connectivity index (χ0n) is 11.4. The standard InChI is InChI=1S/C17H10F2N2O/c18-15-6-3-7-16(17(15)19)22-11-14-5-2-1-4-13(14)8-12(9-20)10-21/h1-8H,11H2. The highest BCUT2D eigenvalue weighted by atomic mass is 19.2. The van der Waals surface area contributed by atoms with Gasteiger partial charge in [0.15, 0.2) is 11.6 Å². The highest BCUT2D eigenvalue weighted by Gasteiger charge is 2.09. The van der Waals surface area contributed by atoms with Gasteiger partial charge in [-0.3, -0.25) is 0 Å². The van der Waals surface area contributed by atoms with Gasteiger partial charge >= 0.3 is 0 Å². The number of ether oxygens (including phenoxy) is 1. The molecule has 0 fully saturated rings. The average molecular weight is 296 g/mol. The molecule has 0 heterocycles. The minimum Gasteiger partial charge on any atom is -0.486 e. The molecule has 3 nitrogen and oxygen atoms in total. The van der Waals surface area contributed by atoms with Crippen molar-refractivity contribution < 1.29 is 13.5 Å². The Morgan fingerprint density at radius 3 is 2.50 bits per heavy atom. The monoisotopic (exact) mass is 296 g/mol. The van der Waals surface area contributed by atoms with Crippen LogP contribution in [0.2, 0.25) is 0 Å². The van der Waals surface area contributed by atoms with Crippen molar-refractivity contribution in [3.63, 3.8) is 0 Å². The first-order valence-corrected chi connectivity index (χ1v) is 6.32. The molecule has 0 radical (unpaired) electrons. The number of rotatable bonds is 4. The molecule has 5 heteroatoms. The first-order valence-electron chi connectivity index (χ1n) is 6.32. The van der Waals surface area contributed by atoms with Crippen molar-refractivity contribution in [2.45, 2.75) is 6.61 Å². The van der Waals surface area contributed by atoms with E-state index >= 15 is 0 Å². The molecule has 22 heavy (non-hydrogen) atoms. The van der Waals surface area contributed by atoms with Gasteiger partial charge in [-0.25, -0.2) is 4.39 Å². The molecule has 0 aliphatic carbocycles. The zero-order chi connectivity index (χ0) is 15.9. The largest absolute Gasteiger partial charge is 0.486 e. The Bertz CT molecular complexity index is 785. The van der Waals surface area contributed by atoms with E-state index in [0.29, 0.717) is 11.1 Å². The van der Waals surface area contributed by atoms with Gasteiger partial charge in [0.2, 0.25) is 5.82 Å². The lowest BCUT2D eigenvalue weighted by atomic mass is 10.1. The van der Waals surface area contributed by atoms with Crippen LogP contribution in [0.4, 0.5) is 8.78 Å². The second-order valence-electron chi connectivity index (χ2n) is 4.32. The predicted molar refractivity (Wildman–Crippen MR) is 76.3 cm³/mol. The Balaban J connectivity index is 2.25. The smallest absolute Gasteiger partial charge is 0.200 e. The summed E-state index contributed by atoms with van der Waals surface area (Å²) in [4.78, 5) is 0. The zero-order valence-corrected chi connectivity index (χ0v) is 11.4. The summed E-state index contributed by atoms with van der Waals surface area (Å²) in [5.74, 6) is -2.23. The molecule has 0 atom stereocenters. The van der Waals surface area contributed by atoms with Crippen LogP contribution in [0.3, 0.4) is 0 Å². The van der Waals surface area contributed by atoms with Gasteiger partial charge in [0.05, 0.1) is 0 Å². The number of halogens is 2. The molecule has 0 N–H and O–H groups in total. The second kappa shape index (κ2) is 7.01. The molecule has 0 aromatic heterocycles. The van der Waals surface area contributed by atoms with Gasteiger partial charge in [-0.15, -0.1) is 0 Å². The van der Waals surface area contributed by atoms with Crippen molar-refractivity contribution in [1.29, 1.82) is 10.5 Å². The molecule has 2 rings (SSSR count). The number of hydrogen-bond acceptors (Lipinski definition) is 3. The van der Waals surface area contributed by atoms with E-state index in [9.17, 15) is 8.78 Å². The van der Waals surface area contributed by atoms with Crippen molar-refractivity contribution in [3.05, 3.63) is 70.8 Å². The number of hydrogen-bond donors (Lipinski definition) is 0. The SMILES string of the molecule is N#CC(C#N)=Cc1ccccc1COc1cccc(F)c1F. The predicted octanol–water partition coefficient (Wildman–Crippen LogP) is 3.97. The minimum atomic E-state index is -1.05. The Morgan fingerprint density at radius 2 is 1.77 bits per heavy atom. The lowest BCUT2D eigenvalue weighted by Gasteiger charge is -2.10. The third-order valence-electron chi connectivity index (χ3n) is 2.90. The van der Waals surface area contributed by atoms with Crippen molar-refractivity contribution in [2.24, 2.45) is 0 Å². The van der Waals surface area contributed by atoms with E-state index in [1.54, 1.807) is 36.4 Å². The number of nitriles is 2. The van der Waals surface area contributed by atoms with Crippen LogP contribution in [-0.4, -0.2) is 0 Å². The molecule has 0 bridgehead atoms. The Labute approximate surface area is 126 Å². The highest BCUT2D eigenvalue weighted by molar-refractivity contribution is 5.64. The molecule has 0 aliphatic rings. The van der Waals surface area contributed by atoms with Crippen molar-refractivity contribution >= 4 is 6.08 Å². The molecule has 0 aliphatic heterocycles. The van der Waals surface area contributed by atoms with E-state index in [1.807, 2.05) is 0 Å². The van der Waals surface area contributed by atoms with Crippen molar-refractivity contribution in [1.82, 2.24) is 0 Å². The maximum absolute atomic E-state index is 13.5. The van der Waals surface area contributed by atoms with Crippen LogP contribution in [0.25, 0.3) is 6.08 Å². The lowest BCUT2D eigenvalue weighted by Crippen LogP contribution is -2.00. The molecule has 0 saturated carbocycles. The third-order valence-corrected chi connectivity index (χ3v) is 2.90. The number of benzene rings is 2. The van der Waals surface area contributed by atoms with Gasteiger partial charge in [-0.1, -0.05) is 30.3 Å². The summed E-state index contributed by atoms with van der Waals surface area (Å²) >= 11 is 0. The van der Waals surface area contributed by atoms with Crippen LogP contribution in [0.15, 0.2) is 48.0 Å². The van der Waals surface area contributed by atoms with Crippen molar-refractivity contribution in [2.75, 3.05) is 0 Å². The third kappa shape index (κ3) is 3.47. The van der Waals surface area contributed by atoms with Crippen LogP contribution in [0, 0.1) is 34.3 Å². The van der Waals surface area contributed by atoms with E-state index in [4.69, 9.17) is 15.3 Å². The summed E-state index contributed by atoms with van der Waals surface area (Å²) in [5, 5.41) is 17.6. The van der Waals surface area contributed by atoms with Crippen LogP contribution < -0.4 is 4.74 Å². The van der Waals surface area contributed by atoms with Crippen LogP contribution in [0.1, 0.15) is 11.1 Å². The molecule has 0 unspecified atom stereocenters. The molecule has 108 valence electrons. The summed E-state index contributed by atoms with van der Waals surface area (Å²) in [5.41, 5.74) is 1.20. The first-order chi connectivity index (χ1) is 10.7. The van der Waals surface area contributed by atoms with Crippen LogP contribution in [-0.2, 0) is 6.61 Å².